The zero-order chi connectivity index (χ0) is 25.8. The smallest absolute Gasteiger partial charge is 0.295 e. The molecule has 4 aromatic rings. The largest absolute Gasteiger partial charge is 0.497 e. The summed E-state index contributed by atoms with van der Waals surface area (Å²) in [5, 5.41) is 12.8. The number of benzene rings is 2. The van der Waals surface area contributed by atoms with Crippen LogP contribution < -0.4 is 20.3 Å². The Morgan fingerprint density at radius 1 is 1.00 bits per heavy atom. The Hall–Kier alpha value is -4.14. The summed E-state index contributed by atoms with van der Waals surface area (Å²) in [6.07, 6.45) is 0.738. The molecule has 0 saturated heterocycles. The number of hydrogen-bond acceptors (Lipinski definition) is 6. The first-order valence-electron chi connectivity index (χ1n) is 11.8. The van der Waals surface area contributed by atoms with Gasteiger partial charge in [0.15, 0.2) is 5.52 Å². The highest BCUT2D eigenvalue weighted by Gasteiger charge is 2.17. The van der Waals surface area contributed by atoms with Gasteiger partial charge in [0, 0.05) is 31.1 Å². The Bertz CT molecular complexity index is 1450. The van der Waals surface area contributed by atoms with Crippen molar-refractivity contribution < 1.29 is 14.3 Å². The Balaban J connectivity index is 1.43. The van der Waals surface area contributed by atoms with Gasteiger partial charge in [-0.1, -0.05) is 17.7 Å². The van der Waals surface area contributed by atoms with Gasteiger partial charge >= 0.3 is 0 Å². The van der Waals surface area contributed by atoms with Crippen molar-refractivity contribution in [1.82, 2.24) is 24.9 Å². The van der Waals surface area contributed by atoms with Crippen LogP contribution in [0.25, 0.3) is 16.6 Å². The van der Waals surface area contributed by atoms with Gasteiger partial charge in [0.2, 0.25) is 5.91 Å². The van der Waals surface area contributed by atoms with E-state index >= 15 is 0 Å². The molecule has 0 aliphatic heterocycles. The van der Waals surface area contributed by atoms with E-state index in [4.69, 9.17) is 9.47 Å². The van der Waals surface area contributed by atoms with E-state index in [0.29, 0.717) is 36.5 Å². The second-order valence-electron chi connectivity index (χ2n) is 8.73. The fourth-order valence-corrected chi connectivity index (χ4v) is 4.24. The van der Waals surface area contributed by atoms with Crippen molar-refractivity contribution in [3.8, 4) is 17.2 Å². The van der Waals surface area contributed by atoms with Gasteiger partial charge in [-0.15, -0.1) is 0 Å². The maximum Gasteiger partial charge on any atom is 0.295 e. The number of hydrogen-bond donors (Lipinski definition) is 1. The van der Waals surface area contributed by atoms with Crippen LogP contribution in [0.5, 0.6) is 11.5 Å². The first-order valence-corrected chi connectivity index (χ1v) is 11.8. The number of nitrogens with one attached hydrogen (secondary N) is 1. The van der Waals surface area contributed by atoms with Gasteiger partial charge in [-0.05, 0) is 51.5 Å². The van der Waals surface area contributed by atoms with Crippen molar-refractivity contribution in [3.63, 3.8) is 0 Å². The molecule has 0 radical (unpaired) electrons. The van der Waals surface area contributed by atoms with Crippen molar-refractivity contribution in [2.45, 2.75) is 46.7 Å². The maximum atomic E-state index is 13.1. The predicted octanol–water partition coefficient (Wildman–Crippen LogP) is 3.62. The fourth-order valence-electron chi connectivity index (χ4n) is 4.24. The topological polar surface area (TPSA) is 100 Å². The molecular weight excluding hydrogens is 458 g/mol. The van der Waals surface area contributed by atoms with Gasteiger partial charge in [-0.25, -0.2) is 9.36 Å². The number of aromatic nitrogens is 4. The molecular formula is C27H31N5O4. The third-order valence-corrected chi connectivity index (χ3v) is 6.21. The van der Waals surface area contributed by atoms with Crippen LogP contribution >= 0.6 is 0 Å². The van der Waals surface area contributed by atoms with Crippen LogP contribution in [0.3, 0.4) is 0 Å². The Morgan fingerprint density at radius 3 is 2.44 bits per heavy atom. The molecule has 0 bridgehead atoms. The minimum absolute atomic E-state index is 0.113. The third kappa shape index (κ3) is 5.10. The average Bonchev–Trinajstić information content (AvgIpc) is 3.23. The van der Waals surface area contributed by atoms with Gasteiger partial charge in [0.05, 0.1) is 36.7 Å². The van der Waals surface area contributed by atoms with Crippen LogP contribution in [0.1, 0.15) is 35.4 Å². The van der Waals surface area contributed by atoms with Crippen molar-refractivity contribution in [3.05, 3.63) is 75.3 Å². The first-order chi connectivity index (χ1) is 17.3. The molecule has 2 heterocycles. The second-order valence-corrected chi connectivity index (χ2v) is 8.73. The molecule has 1 amide bonds. The van der Waals surface area contributed by atoms with Gasteiger partial charge in [0.1, 0.15) is 11.5 Å². The fraction of sp³-hybridized carbons (Fsp3) is 0.333. The van der Waals surface area contributed by atoms with Crippen LogP contribution in [0.2, 0.25) is 0 Å². The molecule has 0 fully saturated rings. The first kappa shape index (κ1) is 25.0. The van der Waals surface area contributed by atoms with Gasteiger partial charge in [0.25, 0.3) is 5.56 Å². The molecule has 0 spiro atoms. The molecule has 0 aliphatic carbocycles. The highest BCUT2D eigenvalue weighted by molar-refractivity contribution is 5.83. The second kappa shape index (κ2) is 10.6. The standard InChI is InChI=1S/C27H31N5O4/c1-17-8-11-21(12-9-17)32-19(3)25-18(2)29-31(27(34)26(25)30-32)14-6-7-24(33)28-16-20-10-13-22(35-4)15-23(20)36-5/h8-13,15H,6-7,14,16H2,1-5H3,(H,28,33). The lowest BCUT2D eigenvalue weighted by Crippen LogP contribution is -2.26. The SMILES string of the molecule is COc1ccc(CNC(=O)CCCn2nc(C)c3c(C)n(-c4ccc(C)cc4)nc3c2=O)c(OC)c1. The summed E-state index contributed by atoms with van der Waals surface area (Å²) < 4.78 is 13.8. The van der Waals surface area contributed by atoms with E-state index in [1.54, 1.807) is 25.0 Å². The number of aryl methyl sites for hydroxylation is 4. The van der Waals surface area contributed by atoms with E-state index in [1.165, 1.54) is 4.68 Å². The number of carbonyl (C=O) groups is 1. The molecule has 1 N–H and O–H groups in total. The molecule has 9 heteroatoms. The van der Waals surface area contributed by atoms with Crippen LogP contribution in [0.4, 0.5) is 0 Å². The van der Waals surface area contributed by atoms with E-state index in [1.807, 2.05) is 57.2 Å². The van der Waals surface area contributed by atoms with E-state index in [9.17, 15) is 9.59 Å². The molecule has 0 aliphatic rings. The van der Waals surface area contributed by atoms with Crippen molar-refractivity contribution >= 4 is 16.8 Å². The minimum atomic E-state index is -0.257. The number of fused-ring (bicyclic) bond motifs is 1. The van der Waals surface area contributed by atoms with Crippen molar-refractivity contribution in [1.29, 1.82) is 0 Å². The highest BCUT2D eigenvalue weighted by Crippen LogP contribution is 2.24. The Kier molecular flexibility index (Phi) is 7.38. The number of amides is 1. The summed E-state index contributed by atoms with van der Waals surface area (Å²) in [5.41, 5.74) is 4.63. The number of nitrogens with zero attached hydrogens (tertiary/aromatic N) is 4. The summed E-state index contributed by atoms with van der Waals surface area (Å²) in [6, 6.07) is 13.4. The van der Waals surface area contributed by atoms with E-state index < -0.39 is 0 Å². The number of methoxy groups -OCH3 is 2. The highest BCUT2D eigenvalue weighted by atomic mass is 16.5. The summed E-state index contributed by atoms with van der Waals surface area (Å²) in [7, 11) is 3.17. The predicted molar refractivity (Wildman–Crippen MR) is 138 cm³/mol. The maximum absolute atomic E-state index is 13.1. The summed E-state index contributed by atoms with van der Waals surface area (Å²) in [4.78, 5) is 25.6. The lowest BCUT2D eigenvalue weighted by Gasteiger charge is -2.11. The zero-order valence-corrected chi connectivity index (χ0v) is 21.3. The van der Waals surface area contributed by atoms with Gasteiger partial charge in [-0.2, -0.15) is 10.2 Å². The summed E-state index contributed by atoms with van der Waals surface area (Å²) >= 11 is 0. The number of ether oxygens (including phenoxy) is 2. The molecule has 2 aromatic carbocycles. The lowest BCUT2D eigenvalue weighted by molar-refractivity contribution is -0.121. The number of carbonyl (C=O) groups excluding carboxylic acids is 1. The van der Waals surface area contributed by atoms with Gasteiger partial charge in [-0.3, -0.25) is 9.59 Å². The van der Waals surface area contributed by atoms with E-state index in [0.717, 1.165) is 33.6 Å². The number of rotatable bonds is 9. The van der Waals surface area contributed by atoms with E-state index in [-0.39, 0.29) is 17.9 Å². The third-order valence-electron chi connectivity index (χ3n) is 6.21. The Labute approximate surface area is 209 Å². The molecule has 36 heavy (non-hydrogen) atoms. The van der Waals surface area contributed by atoms with Crippen LogP contribution in [0, 0.1) is 20.8 Å². The minimum Gasteiger partial charge on any atom is -0.497 e. The molecule has 0 unspecified atom stereocenters. The monoisotopic (exact) mass is 489 g/mol. The lowest BCUT2D eigenvalue weighted by atomic mass is 10.2. The van der Waals surface area contributed by atoms with Crippen LogP contribution in [-0.2, 0) is 17.9 Å². The molecule has 2 aromatic heterocycles. The Morgan fingerprint density at radius 2 is 1.75 bits per heavy atom. The summed E-state index contributed by atoms with van der Waals surface area (Å²) in [5.74, 6) is 1.22. The quantitative estimate of drug-likeness (QED) is 0.385. The zero-order valence-electron chi connectivity index (χ0n) is 21.3. The van der Waals surface area contributed by atoms with Crippen molar-refractivity contribution in [2.75, 3.05) is 14.2 Å². The molecule has 0 saturated carbocycles. The normalized spacial score (nSPS) is 11.0. The van der Waals surface area contributed by atoms with Crippen molar-refractivity contribution in [2.24, 2.45) is 0 Å². The average molecular weight is 490 g/mol. The van der Waals surface area contributed by atoms with Crippen LogP contribution in [-0.4, -0.2) is 39.7 Å². The molecule has 4 rings (SSSR count). The van der Waals surface area contributed by atoms with Gasteiger partial charge < -0.3 is 14.8 Å². The summed E-state index contributed by atoms with van der Waals surface area (Å²) in [6.45, 7) is 6.51. The molecule has 188 valence electrons. The van der Waals surface area contributed by atoms with Crippen LogP contribution in [0.15, 0.2) is 47.3 Å². The van der Waals surface area contributed by atoms with E-state index in [2.05, 4.69) is 15.5 Å². The molecule has 9 nitrogen and oxygen atoms in total. The molecule has 0 atom stereocenters.